The molecule has 2 rings (SSSR count). The number of rotatable bonds is 6. The van der Waals surface area contributed by atoms with Crippen molar-refractivity contribution >= 4 is 34.8 Å². The van der Waals surface area contributed by atoms with Crippen molar-refractivity contribution in [3.05, 3.63) is 82.4 Å². The van der Waals surface area contributed by atoms with Gasteiger partial charge in [0.25, 0.3) is 17.5 Å². The Hall–Kier alpha value is -3.79. The molecule has 0 heterocycles. The Morgan fingerprint density at radius 2 is 1.89 bits per heavy atom. The minimum absolute atomic E-state index is 0.0489. The highest BCUT2D eigenvalue weighted by atomic mass is 32.1. The second-order valence-electron chi connectivity index (χ2n) is 5.27. The predicted octanol–water partition coefficient (Wildman–Crippen LogP) is 2.11. The van der Waals surface area contributed by atoms with Crippen molar-refractivity contribution in [3.63, 3.8) is 0 Å². The summed E-state index contributed by atoms with van der Waals surface area (Å²) in [6.07, 6.45) is 1.55. The van der Waals surface area contributed by atoms with Gasteiger partial charge in [0, 0.05) is 17.7 Å². The first-order chi connectivity index (χ1) is 13.4. The monoisotopic (exact) mass is 400 g/mol. The molecule has 2 amide bonds. The summed E-state index contributed by atoms with van der Waals surface area (Å²) in [5.41, 5.74) is 4.81. The van der Waals surface area contributed by atoms with Gasteiger partial charge in [-0.1, -0.05) is 30.9 Å². The number of nitrogens with zero attached hydrogens (tertiary/aromatic N) is 1. The van der Waals surface area contributed by atoms with Crippen molar-refractivity contribution in [2.45, 2.75) is 0 Å². The van der Waals surface area contributed by atoms with Crippen LogP contribution in [0.4, 0.5) is 5.69 Å². The Kier molecular flexibility index (Phi) is 7.17. The number of carbonyl (C=O) groups excluding carboxylic acids is 2. The normalized spacial score (nSPS) is 9.71. The molecule has 10 heteroatoms. The second-order valence-corrected chi connectivity index (χ2v) is 5.67. The third-order valence-electron chi connectivity index (χ3n) is 3.32. The summed E-state index contributed by atoms with van der Waals surface area (Å²) in [6, 6.07) is 11.7. The standard InChI is InChI=1S/C18H16N4O5S/c1-2-10-27-15-9-4-3-8-14(15)17(24)20-21-18(28)19-16(23)12-6-5-7-13(11-12)22(25)26/h2-9,11H,1,10H2,(H,20,24)(H2,19,21,23,28). The molecular formula is C18H16N4O5S. The van der Waals surface area contributed by atoms with Gasteiger partial charge in [-0.25, -0.2) is 0 Å². The van der Waals surface area contributed by atoms with Gasteiger partial charge in [-0.3, -0.25) is 35.9 Å². The third-order valence-corrected chi connectivity index (χ3v) is 3.53. The highest BCUT2D eigenvalue weighted by Gasteiger charge is 2.14. The number of amides is 2. The van der Waals surface area contributed by atoms with Crippen LogP contribution in [0.15, 0.2) is 61.2 Å². The Balaban J connectivity index is 1.94. The largest absolute Gasteiger partial charge is 0.489 e. The molecule has 0 saturated carbocycles. The van der Waals surface area contributed by atoms with E-state index in [0.29, 0.717) is 5.75 Å². The number of nitrogens with one attached hydrogen (secondary N) is 3. The first-order valence-electron chi connectivity index (χ1n) is 7.91. The maximum Gasteiger partial charge on any atom is 0.273 e. The second kappa shape index (κ2) is 9.78. The lowest BCUT2D eigenvalue weighted by molar-refractivity contribution is -0.384. The number of benzene rings is 2. The first-order valence-corrected chi connectivity index (χ1v) is 8.32. The number of para-hydroxylation sites is 1. The third kappa shape index (κ3) is 5.61. The zero-order valence-corrected chi connectivity index (χ0v) is 15.3. The molecule has 0 aliphatic heterocycles. The van der Waals surface area contributed by atoms with Crippen LogP contribution < -0.4 is 20.9 Å². The topological polar surface area (TPSA) is 123 Å². The van der Waals surface area contributed by atoms with E-state index in [1.807, 2.05) is 0 Å². The molecule has 0 bridgehead atoms. The van der Waals surface area contributed by atoms with E-state index in [2.05, 4.69) is 22.7 Å². The highest BCUT2D eigenvalue weighted by Crippen LogP contribution is 2.17. The number of nitro benzene ring substituents is 1. The smallest absolute Gasteiger partial charge is 0.273 e. The molecule has 0 aliphatic rings. The molecular weight excluding hydrogens is 384 g/mol. The van der Waals surface area contributed by atoms with Crippen molar-refractivity contribution < 1.29 is 19.2 Å². The highest BCUT2D eigenvalue weighted by molar-refractivity contribution is 7.80. The lowest BCUT2D eigenvalue weighted by Gasteiger charge is -2.13. The number of nitro groups is 1. The Labute approximate surface area is 165 Å². The SMILES string of the molecule is C=CCOc1ccccc1C(=O)NNC(=S)NC(=O)c1cccc([N+](=O)[O-])c1. The minimum Gasteiger partial charge on any atom is -0.489 e. The summed E-state index contributed by atoms with van der Waals surface area (Å²) in [6.45, 7) is 3.78. The van der Waals surface area contributed by atoms with Gasteiger partial charge in [0.1, 0.15) is 12.4 Å². The number of non-ortho nitro benzene ring substituents is 1. The van der Waals surface area contributed by atoms with Crippen LogP contribution in [0.1, 0.15) is 20.7 Å². The van der Waals surface area contributed by atoms with E-state index in [9.17, 15) is 19.7 Å². The molecule has 0 aliphatic carbocycles. The number of hydrogen-bond donors (Lipinski definition) is 3. The van der Waals surface area contributed by atoms with Crippen molar-refractivity contribution in [3.8, 4) is 5.75 Å². The van der Waals surface area contributed by atoms with E-state index in [1.54, 1.807) is 30.3 Å². The van der Waals surface area contributed by atoms with Gasteiger partial charge in [0.05, 0.1) is 10.5 Å². The fourth-order valence-electron chi connectivity index (χ4n) is 2.08. The number of hydrazine groups is 1. The predicted molar refractivity (Wildman–Crippen MR) is 106 cm³/mol. The molecule has 0 saturated heterocycles. The Morgan fingerprint density at radius 1 is 1.14 bits per heavy atom. The number of ether oxygens (including phenoxy) is 1. The first kappa shape index (κ1) is 20.5. The summed E-state index contributed by atoms with van der Waals surface area (Å²) in [5.74, 6) is -0.843. The zero-order valence-electron chi connectivity index (χ0n) is 14.5. The van der Waals surface area contributed by atoms with Crippen molar-refractivity contribution in [1.29, 1.82) is 0 Å². The molecule has 28 heavy (non-hydrogen) atoms. The molecule has 9 nitrogen and oxygen atoms in total. The van der Waals surface area contributed by atoms with Crippen molar-refractivity contribution in [2.24, 2.45) is 0 Å². The maximum atomic E-state index is 12.3. The lowest BCUT2D eigenvalue weighted by atomic mass is 10.2. The van der Waals surface area contributed by atoms with E-state index < -0.39 is 16.7 Å². The summed E-state index contributed by atoms with van der Waals surface area (Å²) in [4.78, 5) is 34.6. The molecule has 144 valence electrons. The van der Waals surface area contributed by atoms with E-state index in [0.717, 1.165) is 6.07 Å². The summed E-state index contributed by atoms with van der Waals surface area (Å²) < 4.78 is 5.40. The van der Waals surface area contributed by atoms with E-state index in [1.165, 1.54) is 18.2 Å². The molecule has 0 radical (unpaired) electrons. The number of thiocarbonyl (C=S) groups is 1. The average molecular weight is 400 g/mol. The van der Waals surface area contributed by atoms with E-state index >= 15 is 0 Å². The van der Waals surface area contributed by atoms with Crippen LogP contribution >= 0.6 is 12.2 Å². The van der Waals surface area contributed by atoms with Gasteiger partial charge < -0.3 is 4.74 Å². The molecule has 0 fully saturated rings. The fraction of sp³-hybridized carbons (Fsp3) is 0.0556. The van der Waals surface area contributed by atoms with E-state index in [4.69, 9.17) is 17.0 Å². The van der Waals surface area contributed by atoms with Crippen LogP contribution in [-0.2, 0) is 0 Å². The Bertz CT molecular complexity index is 932. The van der Waals surface area contributed by atoms with Gasteiger partial charge >= 0.3 is 0 Å². The summed E-state index contributed by atoms with van der Waals surface area (Å²) in [7, 11) is 0. The molecule has 0 aromatic heterocycles. The quantitative estimate of drug-likeness (QED) is 0.294. The maximum absolute atomic E-state index is 12.3. The molecule has 0 atom stereocenters. The summed E-state index contributed by atoms with van der Waals surface area (Å²) in [5, 5.41) is 12.9. The average Bonchev–Trinajstić information content (AvgIpc) is 2.70. The van der Waals surface area contributed by atoms with Crippen molar-refractivity contribution in [1.82, 2.24) is 16.2 Å². The number of carbonyl (C=O) groups is 2. The molecule has 0 spiro atoms. The van der Waals surface area contributed by atoms with Crippen LogP contribution in [-0.4, -0.2) is 28.5 Å². The molecule has 2 aromatic rings. The number of hydrogen-bond acceptors (Lipinski definition) is 6. The van der Waals surface area contributed by atoms with Gasteiger partial charge in [0.15, 0.2) is 5.11 Å². The van der Waals surface area contributed by atoms with Gasteiger partial charge in [-0.15, -0.1) is 0 Å². The molecule has 3 N–H and O–H groups in total. The van der Waals surface area contributed by atoms with Crippen LogP contribution in [0.5, 0.6) is 5.75 Å². The van der Waals surface area contributed by atoms with Crippen LogP contribution in [0.3, 0.4) is 0 Å². The Morgan fingerprint density at radius 3 is 2.61 bits per heavy atom. The van der Waals surface area contributed by atoms with Gasteiger partial charge in [-0.05, 0) is 30.4 Å². The molecule has 0 unspecified atom stereocenters. The van der Waals surface area contributed by atoms with Crippen LogP contribution in [0.2, 0.25) is 0 Å². The van der Waals surface area contributed by atoms with Crippen molar-refractivity contribution in [2.75, 3.05) is 6.61 Å². The van der Waals surface area contributed by atoms with Gasteiger partial charge in [0.2, 0.25) is 0 Å². The fourth-order valence-corrected chi connectivity index (χ4v) is 2.22. The van der Waals surface area contributed by atoms with Crippen LogP contribution in [0.25, 0.3) is 0 Å². The summed E-state index contributed by atoms with van der Waals surface area (Å²) >= 11 is 4.95. The minimum atomic E-state index is -0.662. The van der Waals surface area contributed by atoms with E-state index in [-0.39, 0.29) is 28.5 Å². The lowest BCUT2D eigenvalue weighted by Crippen LogP contribution is -2.48. The molecule has 2 aromatic carbocycles. The zero-order chi connectivity index (χ0) is 20.5. The van der Waals surface area contributed by atoms with Gasteiger partial charge in [-0.2, -0.15) is 0 Å². The van der Waals surface area contributed by atoms with Crippen LogP contribution in [0, 0.1) is 10.1 Å².